The first-order valence-corrected chi connectivity index (χ1v) is 9.94. The van der Waals surface area contributed by atoms with Gasteiger partial charge in [-0.05, 0) is 43.5 Å². The lowest BCUT2D eigenvalue weighted by molar-refractivity contribution is 0.0948. The predicted octanol–water partition coefficient (Wildman–Crippen LogP) is 2.86. The van der Waals surface area contributed by atoms with E-state index in [0.29, 0.717) is 23.9 Å². The minimum atomic E-state index is -0.193. The normalized spacial score (nSPS) is 15.8. The maximum atomic E-state index is 13.0. The van der Waals surface area contributed by atoms with Gasteiger partial charge in [-0.15, -0.1) is 0 Å². The predicted molar refractivity (Wildman–Crippen MR) is 112 cm³/mol. The van der Waals surface area contributed by atoms with Crippen molar-refractivity contribution in [3.63, 3.8) is 0 Å². The molecule has 1 atom stereocenters. The van der Waals surface area contributed by atoms with E-state index in [4.69, 9.17) is 4.74 Å². The molecule has 30 heavy (non-hydrogen) atoms. The summed E-state index contributed by atoms with van der Waals surface area (Å²) in [7, 11) is 1.63. The Morgan fingerprint density at radius 1 is 1.20 bits per heavy atom. The van der Waals surface area contributed by atoms with Crippen LogP contribution in [0.25, 0.3) is 0 Å². The summed E-state index contributed by atoms with van der Waals surface area (Å²) in [6, 6.07) is 9.34. The first kappa shape index (κ1) is 19.8. The maximum absolute atomic E-state index is 13.0. The second kappa shape index (κ2) is 8.86. The zero-order valence-corrected chi connectivity index (χ0v) is 17.1. The van der Waals surface area contributed by atoms with E-state index in [1.54, 1.807) is 31.8 Å². The molecule has 1 N–H and O–H groups in total. The van der Waals surface area contributed by atoms with Gasteiger partial charge in [0.25, 0.3) is 5.91 Å². The molecule has 0 spiro atoms. The molecule has 0 saturated carbocycles. The Balaban J connectivity index is 1.56. The molecule has 154 valence electrons. The zero-order chi connectivity index (χ0) is 20.9. The number of amides is 1. The van der Waals surface area contributed by atoms with Crippen LogP contribution >= 0.6 is 0 Å². The van der Waals surface area contributed by atoms with E-state index in [1.807, 2.05) is 31.2 Å². The largest absolute Gasteiger partial charge is 0.497 e. The number of carbonyl (C=O) groups excluding carboxylic acids is 1. The molecule has 3 aromatic rings. The van der Waals surface area contributed by atoms with Crippen molar-refractivity contribution in [2.75, 3.05) is 18.6 Å². The minimum Gasteiger partial charge on any atom is -0.497 e. The Labute approximate surface area is 175 Å². The average Bonchev–Trinajstić information content (AvgIpc) is 3.28. The molecule has 3 heterocycles. The molecule has 0 aliphatic carbocycles. The Hall–Kier alpha value is -3.55. The number of aryl methyl sites for hydroxylation is 1. The number of ether oxygens (including phenoxy) is 1. The van der Waals surface area contributed by atoms with Crippen LogP contribution in [-0.4, -0.2) is 39.5 Å². The van der Waals surface area contributed by atoms with Gasteiger partial charge in [0.15, 0.2) is 0 Å². The fourth-order valence-corrected chi connectivity index (χ4v) is 3.67. The molecule has 0 radical (unpaired) electrons. The lowest BCUT2D eigenvalue weighted by atomic mass is 10.1. The number of benzene rings is 1. The average molecular weight is 404 g/mol. The van der Waals surface area contributed by atoms with Gasteiger partial charge in [0.1, 0.15) is 11.6 Å². The van der Waals surface area contributed by atoms with Crippen molar-refractivity contribution in [3.05, 3.63) is 71.6 Å². The molecule has 0 bridgehead atoms. The molecule has 4 rings (SSSR count). The van der Waals surface area contributed by atoms with E-state index in [-0.39, 0.29) is 11.9 Å². The van der Waals surface area contributed by atoms with Crippen molar-refractivity contribution < 1.29 is 9.53 Å². The zero-order valence-electron chi connectivity index (χ0n) is 17.1. The highest BCUT2D eigenvalue weighted by Gasteiger charge is 2.32. The van der Waals surface area contributed by atoms with E-state index < -0.39 is 0 Å². The summed E-state index contributed by atoms with van der Waals surface area (Å²) in [6.45, 7) is 3.07. The lowest BCUT2D eigenvalue weighted by Gasteiger charge is -2.25. The third-order valence-electron chi connectivity index (χ3n) is 5.17. The molecular weight excluding hydrogens is 380 g/mol. The summed E-state index contributed by atoms with van der Waals surface area (Å²) in [5.74, 6) is 1.88. The molecule has 1 aromatic carbocycles. The van der Waals surface area contributed by atoms with E-state index in [9.17, 15) is 4.79 Å². The minimum absolute atomic E-state index is 0.0594. The highest BCUT2D eigenvalue weighted by atomic mass is 16.5. The molecular formula is C22H24N6O2. The molecule has 8 heteroatoms. The van der Waals surface area contributed by atoms with Gasteiger partial charge in [-0.2, -0.15) is 0 Å². The molecule has 1 aliphatic rings. The third kappa shape index (κ3) is 4.22. The highest BCUT2D eigenvalue weighted by Crippen LogP contribution is 2.34. The lowest BCUT2D eigenvalue weighted by Crippen LogP contribution is -2.30. The Kier molecular flexibility index (Phi) is 5.83. The first-order chi connectivity index (χ1) is 14.7. The Morgan fingerprint density at radius 3 is 2.70 bits per heavy atom. The van der Waals surface area contributed by atoms with Crippen LogP contribution in [-0.2, 0) is 6.54 Å². The van der Waals surface area contributed by atoms with Crippen LogP contribution in [0.3, 0.4) is 0 Å². The first-order valence-electron chi connectivity index (χ1n) is 9.94. The monoisotopic (exact) mass is 404 g/mol. The van der Waals surface area contributed by atoms with Crippen molar-refractivity contribution in [1.29, 1.82) is 0 Å². The van der Waals surface area contributed by atoms with Crippen LogP contribution in [0, 0.1) is 6.92 Å². The van der Waals surface area contributed by atoms with Crippen LogP contribution in [0.4, 0.5) is 5.95 Å². The summed E-state index contributed by atoms with van der Waals surface area (Å²) in [6.07, 6.45) is 6.94. The van der Waals surface area contributed by atoms with Gasteiger partial charge >= 0.3 is 0 Å². The van der Waals surface area contributed by atoms with Gasteiger partial charge in [0, 0.05) is 31.7 Å². The van der Waals surface area contributed by atoms with Gasteiger partial charge in [0.05, 0.1) is 24.4 Å². The van der Waals surface area contributed by atoms with Gasteiger partial charge in [-0.1, -0.05) is 12.1 Å². The van der Waals surface area contributed by atoms with Crippen molar-refractivity contribution in [2.24, 2.45) is 0 Å². The number of aromatic nitrogens is 4. The van der Waals surface area contributed by atoms with E-state index in [2.05, 4.69) is 30.2 Å². The van der Waals surface area contributed by atoms with Crippen LogP contribution in [0.2, 0.25) is 0 Å². The second-order valence-corrected chi connectivity index (χ2v) is 7.15. The van der Waals surface area contributed by atoms with Crippen molar-refractivity contribution in [1.82, 2.24) is 25.3 Å². The number of anilines is 1. The molecule has 1 aliphatic heterocycles. The summed E-state index contributed by atoms with van der Waals surface area (Å²) >= 11 is 0. The summed E-state index contributed by atoms with van der Waals surface area (Å²) in [4.78, 5) is 32.8. The molecule has 2 aromatic heterocycles. The van der Waals surface area contributed by atoms with Crippen LogP contribution < -0.4 is 15.0 Å². The number of methoxy groups -OCH3 is 1. The van der Waals surface area contributed by atoms with Gasteiger partial charge < -0.3 is 15.0 Å². The number of rotatable bonds is 6. The van der Waals surface area contributed by atoms with Gasteiger partial charge in [-0.3, -0.25) is 4.79 Å². The Bertz CT molecular complexity index is 1010. The molecule has 1 unspecified atom stereocenters. The molecule has 1 fully saturated rings. The molecule has 8 nitrogen and oxygen atoms in total. The smallest absolute Gasteiger partial charge is 0.255 e. The third-order valence-corrected chi connectivity index (χ3v) is 5.17. The van der Waals surface area contributed by atoms with Crippen LogP contribution in [0.5, 0.6) is 5.75 Å². The van der Waals surface area contributed by atoms with E-state index >= 15 is 0 Å². The summed E-state index contributed by atoms with van der Waals surface area (Å²) in [5.41, 5.74) is 2.19. The summed E-state index contributed by atoms with van der Waals surface area (Å²) < 4.78 is 5.18. The van der Waals surface area contributed by atoms with E-state index in [0.717, 1.165) is 36.4 Å². The topological polar surface area (TPSA) is 93.1 Å². The SMILES string of the molecule is COc1ccc(CNC(=O)c2cnc(C)nc2C2CCCN2c2ncccn2)cc1. The summed E-state index contributed by atoms with van der Waals surface area (Å²) in [5, 5.41) is 2.98. The number of hydrogen-bond acceptors (Lipinski definition) is 7. The Morgan fingerprint density at radius 2 is 1.97 bits per heavy atom. The molecule has 1 saturated heterocycles. The van der Waals surface area contributed by atoms with Crippen molar-refractivity contribution in [2.45, 2.75) is 32.4 Å². The van der Waals surface area contributed by atoms with Crippen molar-refractivity contribution >= 4 is 11.9 Å². The van der Waals surface area contributed by atoms with Crippen molar-refractivity contribution in [3.8, 4) is 5.75 Å². The molecule has 1 amide bonds. The van der Waals surface area contributed by atoms with Crippen LogP contribution in [0.1, 0.15) is 46.3 Å². The quantitative estimate of drug-likeness (QED) is 0.675. The van der Waals surface area contributed by atoms with Gasteiger partial charge in [-0.25, -0.2) is 19.9 Å². The fraction of sp³-hybridized carbons (Fsp3) is 0.318. The number of nitrogens with one attached hydrogen (secondary N) is 1. The number of hydrogen-bond donors (Lipinski definition) is 1. The van der Waals surface area contributed by atoms with Crippen LogP contribution in [0.15, 0.2) is 48.9 Å². The maximum Gasteiger partial charge on any atom is 0.255 e. The highest BCUT2D eigenvalue weighted by molar-refractivity contribution is 5.95. The van der Waals surface area contributed by atoms with E-state index in [1.165, 1.54) is 0 Å². The second-order valence-electron chi connectivity index (χ2n) is 7.15. The number of carbonyl (C=O) groups is 1. The fourth-order valence-electron chi connectivity index (χ4n) is 3.67. The standard InChI is InChI=1S/C22H24N6O2/c1-15-25-14-18(21(29)26-13-16-6-8-17(30-2)9-7-16)20(27-15)19-5-3-12-28(19)22-23-10-4-11-24-22/h4,6-11,14,19H,3,5,12-13H2,1-2H3,(H,26,29). The number of nitrogens with zero attached hydrogens (tertiary/aromatic N) is 5. The van der Waals surface area contributed by atoms with Gasteiger partial charge in [0.2, 0.25) is 5.95 Å².